The maximum atomic E-state index is 5.80. The predicted molar refractivity (Wildman–Crippen MR) is 101 cm³/mol. The van der Waals surface area contributed by atoms with E-state index in [-0.39, 0.29) is 0 Å². The lowest BCUT2D eigenvalue weighted by Crippen LogP contribution is -2.39. The molecule has 1 saturated heterocycles. The number of guanidine groups is 1. The molecule has 2 aromatic rings. The van der Waals surface area contributed by atoms with Crippen molar-refractivity contribution in [1.29, 1.82) is 0 Å². The van der Waals surface area contributed by atoms with Crippen LogP contribution < -0.4 is 10.1 Å². The summed E-state index contributed by atoms with van der Waals surface area (Å²) in [4.78, 5) is 11.4. The molecule has 0 radical (unpaired) electrons. The molecule has 0 bridgehead atoms. The second-order valence-corrected chi connectivity index (χ2v) is 6.14. The van der Waals surface area contributed by atoms with Gasteiger partial charge >= 0.3 is 0 Å². The molecule has 5 heteroatoms. The maximum absolute atomic E-state index is 5.80. The van der Waals surface area contributed by atoms with Gasteiger partial charge in [-0.1, -0.05) is 30.3 Å². The van der Waals surface area contributed by atoms with E-state index < -0.39 is 0 Å². The molecule has 0 amide bonds. The van der Waals surface area contributed by atoms with Crippen molar-refractivity contribution in [2.75, 3.05) is 19.6 Å². The highest BCUT2D eigenvalue weighted by molar-refractivity contribution is 5.80. The van der Waals surface area contributed by atoms with Crippen molar-refractivity contribution in [3.8, 4) is 5.88 Å². The molecule has 2 heterocycles. The first kappa shape index (κ1) is 17.3. The fourth-order valence-electron chi connectivity index (χ4n) is 2.88. The molecule has 1 aliphatic rings. The number of nitrogens with one attached hydrogen (secondary N) is 1. The van der Waals surface area contributed by atoms with Gasteiger partial charge in [0.05, 0.1) is 6.54 Å². The SMILES string of the molecule is CCNC(=NCc1ccnc(OCc2ccccc2)c1)N1CCCC1. The number of benzene rings is 1. The van der Waals surface area contributed by atoms with Crippen molar-refractivity contribution in [1.82, 2.24) is 15.2 Å². The van der Waals surface area contributed by atoms with Crippen LogP contribution in [0, 0.1) is 0 Å². The van der Waals surface area contributed by atoms with E-state index >= 15 is 0 Å². The zero-order valence-corrected chi connectivity index (χ0v) is 14.8. The van der Waals surface area contributed by atoms with Gasteiger partial charge in [-0.3, -0.25) is 0 Å². The number of hydrogen-bond donors (Lipinski definition) is 1. The minimum Gasteiger partial charge on any atom is -0.473 e. The van der Waals surface area contributed by atoms with Crippen molar-refractivity contribution in [2.24, 2.45) is 4.99 Å². The summed E-state index contributed by atoms with van der Waals surface area (Å²) < 4.78 is 5.80. The molecular formula is C20H26N4O. The van der Waals surface area contributed by atoms with Gasteiger partial charge in [-0.2, -0.15) is 0 Å². The van der Waals surface area contributed by atoms with Crippen molar-refractivity contribution in [3.63, 3.8) is 0 Å². The molecule has 1 fully saturated rings. The van der Waals surface area contributed by atoms with Crippen LogP contribution in [0.3, 0.4) is 0 Å². The molecule has 1 aliphatic heterocycles. The Kier molecular flexibility index (Phi) is 6.26. The zero-order valence-electron chi connectivity index (χ0n) is 14.8. The lowest BCUT2D eigenvalue weighted by atomic mass is 10.2. The van der Waals surface area contributed by atoms with Crippen molar-refractivity contribution >= 4 is 5.96 Å². The number of aromatic nitrogens is 1. The molecule has 1 aromatic heterocycles. The number of pyridine rings is 1. The molecular weight excluding hydrogens is 312 g/mol. The third-order valence-electron chi connectivity index (χ3n) is 4.18. The van der Waals surface area contributed by atoms with Crippen molar-refractivity contribution < 1.29 is 4.74 Å². The van der Waals surface area contributed by atoms with Gasteiger partial charge in [0.15, 0.2) is 5.96 Å². The molecule has 0 unspecified atom stereocenters. The molecule has 25 heavy (non-hydrogen) atoms. The highest BCUT2D eigenvalue weighted by Crippen LogP contribution is 2.13. The van der Waals surface area contributed by atoms with E-state index in [0.29, 0.717) is 19.0 Å². The molecule has 0 atom stereocenters. The Hall–Kier alpha value is -2.56. The zero-order chi connectivity index (χ0) is 17.3. The van der Waals surface area contributed by atoms with Gasteiger partial charge in [0, 0.05) is 31.9 Å². The van der Waals surface area contributed by atoms with Gasteiger partial charge in [-0.05, 0) is 37.0 Å². The van der Waals surface area contributed by atoms with E-state index in [1.165, 1.54) is 12.8 Å². The standard InChI is InChI=1S/C20H26N4O/c1-2-21-20(24-12-6-7-13-24)23-15-18-10-11-22-19(14-18)25-16-17-8-4-3-5-9-17/h3-5,8-11,14H,2,6-7,12-13,15-16H2,1H3,(H,21,23). The summed E-state index contributed by atoms with van der Waals surface area (Å²) in [6.45, 7) is 6.33. The summed E-state index contributed by atoms with van der Waals surface area (Å²) in [6.07, 6.45) is 4.28. The highest BCUT2D eigenvalue weighted by atomic mass is 16.5. The number of ether oxygens (including phenoxy) is 1. The summed E-state index contributed by atoms with van der Waals surface area (Å²) >= 11 is 0. The van der Waals surface area contributed by atoms with Crippen LogP contribution in [-0.4, -0.2) is 35.5 Å². The quantitative estimate of drug-likeness (QED) is 0.649. The van der Waals surface area contributed by atoms with E-state index in [0.717, 1.165) is 36.7 Å². The van der Waals surface area contributed by atoms with Crippen LogP contribution in [0.4, 0.5) is 0 Å². The lowest BCUT2D eigenvalue weighted by molar-refractivity contribution is 0.293. The Morgan fingerprint density at radius 1 is 1.16 bits per heavy atom. The topological polar surface area (TPSA) is 49.8 Å². The third-order valence-corrected chi connectivity index (χ3v) is 4.18. The van der Waals surface area contributed by atoms with E-state index in [4.69, 9.17) is 9.73 Å². The Morgan fingerprint density at radius 3 is 2.72 bits per heavy atom. The van der Waals surface area contributed by atoms with Gasteiger partial charge in [-0.15, -0.1) is 0 Å². The fraction of sp³-hybridized carbons (Fsp3) is 0.400. The summed E-state index contributed by atoms with van der Waals surface area (Å²) in [7, 11) is 0. The molecule has 0 saturated carbocycles. The third kappa shape index (κ3) is 5.21. The van der Waals surface area contributed by atoms with Gasteiger partial charge < -0.3 is 15.0 Å². The van der Waals surface area contributed by atoms with Gasteiger partial charge in [0.25, 0.3) is 0 Å². The van der Waals surface area contributed by atoms with E-state index in [2.05, 4.69) is 22.1 Å². The van der Waals surface area contributed by atoms with E-state index in [1.807, 2.05) is 42.5 Å². The smallest absolute Gasteiger partial charge is 0.213 e. The molecule has 1 N–H and O–H groups in total. The minimum absolute atomic E-state index is 0.525. The van der Waals surface area contributed by atoms with Crippen LogP contribution in [0.5, 0.6) is 5.88 Å². The first-order chi connectivity index (χ1) is 12.3. The lowest BCUT2D eigenvalue weighted by Gasteiger charge is -2.20. The monoisotopic (exact) mass is 338 g/mol. The predicted octanol–water partition coefficient (Wildman–Crippen LogP) is 3.22. The largest absolute Gasteiger partial charge is 0.473 e. The fourth-order valence-corrected chi connectivity index (χ4v) is 2.88. The first-order valence-electron chi connectivity index (χ1n) is 9.00. The summed E-state index contributed by atoms with van der Waals surface area (Å²) in [5.74, 6) is 1.64. The van der Waals surface area contributed by atoms with Gasteiger partial charge in [0.1, 0.15) is 6.61 Å². The van der Waals surface area contributed by atoms with Crippen molar-refractivity contribution in [2.45, 2.75) is 32.9 Å². The normalized spacial score (nSPS) is 14.6. The maximum Gasteiger partial charge on any atom is 0.213 e. The number of aliphatic imine (C=N–C) groups is 1. The van der Waals surface area contributed by atoms with Gasteiger partial charge in [-0.25, -0.2) is 9.98 Å². The average Bonchev–Trinajstić information content (AvgIpc) is 3.19. The number of rotatable bonds is 6. The Labute approximate surface area is 149 Å². The van der Waals surface area contributed by atoms with E-state index in [9.17, 15) is 0 Å². The van der Waals surface area contributed by atoms with Crippen LogP contribution in [0.2, 0.25) is 0 Å². The van der Waals surface area contributed by atoms with Crippen molar-refractivity contribution in [3.05, 3.63) is 59.8 Å². The molecule has 5 nitrogen and oxygen atoms in total. The minimum atomic E-state index is 0.525. The Balaban J connectivity index is 1.61. The number of hydrogen-bond acceptors (Lipinski definition) is 3. The van der Waals surface area contributed by atoms with Crippen LogP contribution >= 0.6 is 0 Å². The number of nitrogens with zero attached hydrogens (tertiary/aromatic N) is 3. The summed E-state index contributed by atoms with van der Waals surface area (Å²) in [5, 5.41) is 3.39. The van der Waals surface area contributed by atoms with Crippen LogP contribution in [0.25, 0.3) is 0 Å². The Morgan fingerprint density at radius 2 is 1.96 bits per heavy atom. The summed E-state index contributed by atoms with van der Waals surface area (Å²) in [6, 6.07) is 14.1. The average molecular weight is 338 g/mol. The molecule has 132 valence electrons. The highest BCUT2D eigenvalue weighted by Gasteiger charge is 2.15. The first-order valence-corrected chi connectivity index (χ1v) is 9.00. The number of likely N-dealkylation sites (tertiary alicyclic amines) is 1. The molecule has 3 rings (SSSR count). The molecule has 1 aromatic carbocycles. The molecule has 0 spiro atoms. The van der Waals surface area contributed by atoms with Crippen LogP contribution in [0.15, 0.2) is 53.7 Å². The van der Waals surface area contributed by atoms with Crippen LogP contribution in [0.1, 0.15) is 30.9 Å². The molecule has 0 aliphatic carbocycles. The van der Waals surface area contributed by atoms with Crippen LogP contribution in [-0.2, 0) is 13.2 Å². The van der Waals surface area contributed by atoms with E-state index in [1.54, 1.807) is 6.20 Å². The summed E-state index contributed by atoms with van der Waals surface area (Å²) in [5.41, 5.74) is 2.24. The van der Waals surface area contributed by atoms with Gasteiger partial charge in [0.2, 0.25) is 5.88 Å². The second-order valence-electron chi connectivity index (χ2n) is 6.14. The Bertz CT molecular complexity index is 681. The second kappa shape index (κ2) is 9.06.